The summed E-state index contributed by atoms with van der Waals surface area (Å²) in [4.78, 5) is 14.7. The second-order valence-corrected chi connectivity index (χ2v) is 6.87. The maximum Gasteiger partial charge on any atom is 0.251 e. The third kappa shape index (κ3) is 4.58. The Labute approximate surface area is 150 Å². The first-order chi connectivity index (χ1) is 12.1. The molecule has 0 saturated heterocycles. The highest BCUT2D eigenvalue weighted by atomic mass is 16.1. The Morgan fingerprint density at radius 2 is 1.96 bits per heavy atom. The number of amides is 1. The van der Waals surface area contributed by atoms with Crippen LogP contribution in [0.2, 0.25) is 0 Å². The van der Waals surface area contributed by atoms with Crippen LogP contribution in [0.3, 0.4) is 0 Å². The molecule has 2 aromatic carbocycles. The molecular weight excluding hydrogens is 308 g/mol. The molecule has 1 atom stereocenters. The molecule has 0 aliphatic heterocycles. The summed E-state index contributed by atoms with van der Waals surface area (Å²) in [5.74, 6) is 0.00156. The van der Waals surface area contributed by atoms with Crippen molar-refractivity contribution in [2.24, 2.45) is 0 Å². The van der Waals surface area contributed by atoms with Crippen LogP contribution in [0.15, 0.2) is 54.6 Å². The SMILES string of the molecule is CN(C)C(CNC(=O)c1ccc2c(c1)C=CCC2)Cc1ccccc1. The van der Waals surface area contributed by atoms with Crippen LogP contribution in [-0.2, 0) is 12.8 Å². The van der Waals surface area contributed by atoms with Gasteiger partial charge in [-0.1, -0.05) is 48.6 Å². The van der Waals surface area contributed by atoms with Crippen molar-refractivity contribution in [1.82, 2.24) is 10.2 Å². The molecule has 3 nitrogen and oxygen atoms in total. The maximum atomic E-state index is 12.6. The van der Waals surface area contributed by atoms with Crippen LogP contribution in [-0.4, -0.2) is 37.5 Å². The standard InChI is InChI=1S/C22H26N2O/c1-24(2)21(14-17-8-4-3-5-9-17)16-23-22(25)20-13-12-18-10-6-7-11-19(18)15-20/h3-5,7-9,11-13,15,21H,6,10,14,16H2,1-2H3,(H,23,25). The number of carbonyl (C=O) groups is 1. The second kappa shape index (κ2) is 8.13. The Bertz CT molecular complexity index is 750. The summed E-state index contributed by atoms with van der Waals surface area (Å²) in [6.45, 7) is 0.633. The molecule has 1 unspecified atom stereocenters. The minimum absolute atomic E-state index is 0.00156. The van der Waals surface area contributed by atoms with Gasteiger partial charge in [-0.15, -0.1) is 0 Å². The number of nitrogens with zero attached hydrogens (tertiary/aromatic N) is 1. The summed E-state index contributed by atoms with van der Waals surface area (Å²) < 4.78 is 0. The molecule has 0 heterocycles. The number of hydrogen-bond donors (Lipinski definition) is 1. The van der Waals surface area contributed by atoms with E-state index in [-0.39, 0.29) is 11.9 Å². The summed E-state index contributed by atoms with van der Waals surface area (Å²) in [6.07, 6.45) is 7.36. The zero-order valence-corrected chi connectivity index (χ0v) is 15.0. The molecule has 2 aromatic rings. The monoisotopic (exact) mass is 334 g/mol. The van der Waals surface area contributed by atoms with E-state index < -0.39 is 0 Å². The fourth-order valence-electron chi connectivity index (χ4n) is 3.20. The molecule has 0 fully saturated rings. The van der Waals surface area contributed by atoms with Crippen molar-refractivity contribution >= 4 is 12.0 Å². The zero-order valence-electron chi connectivity index (χ0n) is 15.0. The van der Waals surface area contributed by atoms with Crippen molar-refractivity contribution in [3.05, 3.63) is 76.9 Å². The van der Waals surface area contributed by atoms with Gasteiger partial charge in [0.25, 0.3) is 5.91 Å². The molecule has 1 aliphatic rings. The van der Waals surface area contributed by atoms with Gasteiger partial charge in [-0.2, -0.15) is 0 Å². The largest absolute Gasteiger partial charge is 0.350 e. The van der Waals surface area contributed by atoms with Gasteiger partial charge in [-0.25, -0.2) is 0 Å². The Balaban J connectivity index is 1.63. The molecule has 0 saturated carbocycles. The van der Waals surface area contributed by atoms with E-state index in [0.717, 1.165) is 24.8 Å². The predicted octanol–water partition coefficient (Wildman–Crippen LogP) is 3.55. The fraction of sp³-hybridized carbons (Fsp3) is 0.318. The number of fused-ring (bicyclic) bond motifs is 1. The topological polar surface area (TPSA) is 32.3 Å². The third-order valence-electron chi connectivity index (χ3n) is 4.83. The maximum absolute atomic E-state index is 12.6. The number of allylic oxidation sites excluding steroid dienone is 1. The molecule has 1 aliphatic carbocycles. The van der Waals surface area contributed by atoms with Gasteiger partial charge < -0.3 is 10.2 Å². The van der Waals surface area contributed by atoms with E-state index in [2.05, 4.69) is 66.8 Å². The van der Waals surface area contributed by atoms with E-state index in [9.17, 15) is 4.79 Å². The van der Waals surface area contributed by atoms with Crippen molar-refractivity contribution in [2.45, 2.75) is 25.3 Å². The van der Waals surface area contributed by atoms with Crippen LogP contribution in [0, 0.1) is 0 Å². The van der Waals surface area contributed by atoms with Gasteiger partial charge in [0.15, 0.2) is 0 Å². The lowest BCUT2D eigenvalue weighted by molar-refractivity contribution is 0.0941. The smallest absolute Gasteiger partial charge is 0.251 e. The lowest BCUT2D eigenvalue weighted by Gasteiger charge is -2.25. The average Bonchev–Trinajstić information content (AvgIpc) is 2.65. The average molecular weight is 334 g/mol. The van der Waals surface area contributed by atoms with Crippen LogP contribution in [0.5, 0.6) is 0 Å². The molecule has 3 rings (SSSR count). The van der Waals surface area contributed by atoms with E-state index in [1.807, 2.05) is 18.2 Å². The summed E-state index contributed by atoms with van der Waals surface area (Å²) in [6, 6.07) is 16.7. The van der Waals surface area contributed by atoms with Crippen molar-refractivity contribution < 1.29 is 4.79 Å². The Kier molecular flexibility index (Phi) is 5.67. The Morgan fingerprint density at radius 1 is 1.16 bits per heavy atom. The van der Waals surface area contributed by atoms with Crippen LogP contribution < -0.4 is 5.32 Å². The molecule has 0 bridgehead atoms. The van der Waals surface area contributed by atoms with Gasteiger partial charge >= 0.3 is 0 Å². The molecule has 0 radical (unpaired) electrons. The van der Waals surface area contributed by atoms with E-state index in [4.69, 9.17) is 0 Å². The summed E-state index contributed by atoms with van der Waals surface area (Å²) in [5, 5.41) is 3.10. The molecular formula is C22H26N2O. The molecule has 1 N–H and O–H groups in total. The van der Waals surface area contributed by atoms with Crippen LogP contribution in [0.25, 0.3) is 6.08 Å². The van der Waals surface area contributed by atoms with Crippen LogP contribution in [0.1, 0.15) is 33.5 Å². The second-order valence-electron chi connectivity index (χ2n) is 6.87. The van der Waals surface area contributed by atoms with Crippen molar-refractivity contribution in [1.29, 1.82) is 0 Å². The minimum Gasteiger partial charge on any atom is -0.350 e. The van der Waals surface area contributed by atoms with Crippen LogP contribution >= 0.6 is 0 Å². The van der Waals surface area contributed by atoms with E-state index in [1.165, 1.54) is 16.7 Å². The van der Waals surface area contributed by atoms with Gasteiger partial charge in [-0.3, -0.25) is 4.79 Å². The molecule has 0 aromatic heterocycles. The van der Waals surface area contributed by atoms with Crippen molar-refractivity contribution in [3.63, 3.8) is 0 Å². The molecule has 25 heavy (non-hydrogen) atoms. The van der Waals surface area contributed by atoms with Crippen molar-refractivity contribution in [3.8, 4) is 0 Å². The lowest BCUT2D eigenvalue weighted by Crippen LogP contribution is -2.41. The summed E-state index contributed by atoms with van der Waals surface area (Å²) >= 11 is 0. The van der Waals surface area contributed by atoms with Gasteiger partial charge in [0.2, 0.25) is 0 Å². The van der Waals surface area contributed by atoms with Crippen molar-refractivity contribution in [2.75, 3.05) is 20.6 Å². The van der Waals surface area contributed by atoms with Gasteiger partial charge in [0.1, 0.15) is 0 Å². The van der Waals surface area contributed by atoms with E-state index in [0.29, 0.717) is 6.54 Å². The molecule has 1 amide bonds. The molecule has 130 valence electrons. The highest BCUT2D eigenvalue weighted by Crippen LogP contribution is 2.20. The van der Waals surface area contributed by atoms with E-state index in [1.54, 1.807) is 0 Å². The summed E-state index contributed by atoms with van der Waals surface area (Å²) in [7, 11) is 4.12. The predicted molar refractivity (Wildman–Crippen MR) is 104 cm³/mol. The number of carbonyl (C=O) groups excluding carboxylic acids is 1. The highest BCUT2D eigenvalue weighted by Gasteiger charge is 2.15. The normalized spacial score (nSPS) is 14.2. The number of nitrogens with one attached hydrogen (secondary N) is 1. The van der Waals surface area contributed by atoms with Gasteiger partial charge in [-0.05, 0) is 62.2 Å². The first-order valence-corrected chi connectivity index (χ1v) is 8.91. The Morgan fingerprint density at radius 3 is 2.72 bits per heavy atom. The number of benzene rings is 2. The first kappa shape index (κ1) is 17.4. The third-order valence-corrected chi connectivity index (χ3v) is 4.83. The number of aryl methyl sites for hydroxylation is 1. The number of rotatable bonds is 6. The minimum atomic E-state index is 0.00156. The van der Waals surface area contributed by atoms with E-state index >= 15 is 0 Å². The highest BCUT2D eigenvalue weighted by molar-refractivity contribution is 5.95. The molecule has 3 heteroatoms. The number of likely N-dealkylation sites (N-methyl/N-ethyl adjacent to an activating group) is 1. The fourth-order valence-corrected chi connectivity index (χ4v) is 3.20. The molecule has 0 spiro atoms. The number of hydrogen-bond acceptors (Lipinski definition) is 2. The quantitative estimate of drug-likeness (QED) is 0.876. The zero-order chi connectivity index (χ0) is 17.6. The first-order valence-electron chi connectivity index (χ1n) is 8.91. The Hall–Kier alpha value is -2.39. The summed E-state index contributed by atoms with van der Waals surface area (Å²) in [5.41, 5.74) is 4.53. The van der Waals surface area contributed by atoms with Gasteiger partial charge in [0, 0.05) is 18.2 Å². The van der Waals surface area contributed by atoms with Gasteiger partial charge in [0.05, 0.1) is 0 Å². The lowest BCUT2D eigenvalue weighted by atomic mass is 9.95. The van der Waals surface area contributed by atoms with Crippen LogP contribution in [0.4, 0.5) is 0 Å².